The van der Waals surface area contributed by atoms with Crippen LogP contribution in [0.5, 0.6) is 0 Å². The maximum absolute atomic E-state index is 6.05. The maximum Gasteiger partial charge on any atom is 0.0958 e. The molecule has 0 saturated heterocycles. The molecule has 0 amide bonds. The van der Waals surface area contributed by atoms with Crippen molar-refractivity contribution in [3.05, 3.63) is 30.1 Å². The smallest absolute Gasteiger partial charge is 0.0958 e. The number of nitrogens with two attached hydrogens (primary N) is 1. The molecule has 2 aromatic rings. The number of hydrogen-bond donors (Lipinski definition) is 1. The van der Waals surface area contributed by atoms with Crippen LogP contribution >= 0.6 is 0 Å². The fraction of sp³-hybridized carbons (Fsp3) is 0.417. The van der Waals surface area contributed by atoms with E-state index in [0.29, 0.717) is 0 Å². The molecule has 15 heavy (non-hydrogen) atoms. The van der Waals surface area contributed by atoms with Gasteiger partial charge in [0, 0.05) is 12.1 Å². The van der Waals surface area contributed by atoms with Gasteiger partial charge in [-0.25, -0.2) is 4.98 Å². The Hall–Kier alpha value is -1.35. The van der Waals surface area contributed by atoms with Gasteiger partial charge < -0.3 is 10.3 Å². The molecule has 2 N–H and O–H groups in total. The topological polar surface area (TPSA) is 43.8 Å². The Morgan fingerprint density at radius 2 is 2.13 bits per heavy atom. The number of rotatable bonds is 2. The van der Waals surface area contributed by atoms with Crippen LogP contribution in [0.2, 0.25) is 0 Å². The molecule has 2 rings (SSSR count). The lowest BCUT2D eigenvalue weighted by molar-refractivity contribution is 0.555. The van der Waals surface area contributed by atoms with Crippen LogP contribution in [0.25, 0.3) is 11.0 Å². The van der Waals surface area contributed by atoms with E-state index in [4.69, 9.17) is 5.73 Å². The van der Waals surface area contributed by atoms with Gasteiger partial charge in [-0.15, -0.1) is 0 Å². The lowest BCUT2D eigenvalue weighted by Crippen LogP contribution is -2.28. The van der Waals surface area contributed by atoms with Crippen LogP contribution in [0, 0.1) is 0 Å². The Balaban J connectivity index is 2.58. The Kier molecular flexibility index (Phi) is 2.27. The zero-order chi connectivity index (χ0) is 11.1. The summed E-state index contributed by atoms with van der Waals surface area (Å²) in [4.78, 5) is 4.37. The van der Waals surface area contributed by atoms with Crippen LogP contribution in [0.3, 0.4) is 0 Å². The molecule has 0 saturated carbocycles. The van der Waals surface area contributed by atoms with E-state index in [1.54, 1.807) is 0 Å². The van der Waals surface area contributed by atoms with Gasteiger partial charge >= 0.3 is 0 Å². The number of aromatic nitrogens is 2. The molecule has 0 aliphatic heterocycles. The first-order chi connectivity index (χ1) is 7.02. The minimum atomic E-state index is -0.301. The lowest BCUT2D eigenvalue weighted by Gasteiger charge is -2.18. The monoisotopic (exact) mass is 203 g/mol. The molecule has 1 aromatic carbocycles. The standard InChI is InChI=1S/C12H17N3/c1-4-15-8-14-10-7-9(12(2,3)13)5-6-11(10)15/h5-8H,4,13H2,1-3H3. The van der Waals surface area contributed by atoms with Gasteiger partial charge in [-0.1, -0.05) is 6.07 Å². The van der Waals surface area contributed by atoms with Crippen molar-refractivity contribution in [3.8, 4) is 0 Å². The zero-order valence-electron chi connectivity index (χ0n) is 9.49. The summed E-state index contributed by atoms with van der Waals surface area (Å²) in [5.74, 6) is 0. The second-order valence-corrected chi connectivity index (χ2v) is 4.46. The summed E-state index contributed by atoms with van der Waals surface area (Å²) in [6, 6.07) is 6.24. The summed E-state index contributed by atoms with van der Waals surface area (Å²) in [6.07, 6.45) is 1.87. The molecular formula is C12H17N3. The molecule has 3 heteroatoms. The van der Waals surface area contributed by atoms with E-state index in [9.17, 15) is 0 Å². The van der Waals surface area contributed by atoms with Crippen LogP contribution in [-0.2, 0) is 12.1 Å². The average Bonchev–Trinajstić information content (AvgIpc) is 2.58. The van der Waals surface area contributed by atoms with Gasteiger partial charge in [0.05, 0.1) is 17.4 Å². The van der Waals surface area contributed by atoms with Crippen molar-refractivity contribution in [2.75, 3.05) is 0 Å². The molecule has 80 valence electrons. The van der Waals surface area contributed by atoms with Crippen molar-refractivity contribution in [1.82, 2.24) is 9.55 Å². The fourth-order valence-electron chi connectivity index (χ4n) is 1.72. The van der Waals surface area contributed by atoms with Crippen LogP contribution in [0.4, 0.5) is 0 Å². The second kappa shape index (κ2) is 3.35. The summed E-state index contributed by atoms with van der Waals surface area (Å²) in [5, 5.41) is 0. The van der Waals surface area contributed by atoms with Crippen molar-refractivity contribution < 1.29 is 0 Å². The molecule has 0 aliphatic carbocycles. The zero-order valence-corrected chi connectivity index (χ0v) is 9.49. The third-order valence-electron chi connectivity index (χ3n) is 2.71. The SMILES string of the molecule is CCn1cnc2cc(C(C)(C)N)ccc21. The fourth-order valence-corrected chi connectivity index (χ4v) is 1.72. The first-order valence-corrected chi connectivity index (χ1v) is 5.26. The first kappa shape index (κ1) is 10.2. The Labute approximate surface area is 89.9 Å². The minimum absolute atomic E-state index is 0.301. The van der Waals surface area contributed by atoms with E-state index in [1.165, 1.54) is 5.52 Å². The van der Waals surface area contributed by atoms with Gasteiger partial charge in [-0.2, -0.15) is 0 Å². The number of imidazole rings is 1. The van der Waals surface area contributed by atoms with Crippen molar-refractivity contribution in [2.24, 2.45) is 5.73 Å². The lowest BCUT2D eigenvalue weighted by atomic mass is 9.95. The van der Waals surface area contributed by atoms with E-state index in [1.807, 2.05) is 20.2 Å². The summed E-state index contributed by atoms with van der Waals surface area (Å²) in [6.45, 7) is 7.07. The predicted molar refractivity (Wildman–Crippen MR) is 62.6 cm³/mol. The minimum Gasteiger partial charge on any atom is -0.331 e. The Bertz CT molecular complexity index is 477. The van der Waals surface area contributed by atoms with E-state index in [2.05, 4.69) is 34.7 Å². The van der Waals surface area contributed by atoms with Gasteiger partial charge in [0.1, 0.15) is 0 Å². The van der Waals surface area contributed by atoms with E-state index < -0.39 is 0 Å². The molecule has 1 aromatic heterocycles. The molecule has 1 heterocycles. The average molecular weight is 203 g/mol. The highest BCUT2D eigenvalue weighted by atomic mass is 15.0. The number of nitrogens with zero attached hydrogens (tertiary/aromatic N) is 2. The largest absolute Gasteiger partial charge is 0.331 e. The molecule has 0 bridgehead atoms. The third-order valence-corrected chi connectivity index (χ3v) is 2.71. The summed E-state index contributed by atoms with van der Waals surface area (Å²) >= 11 is 0. The molecular weight excluding hydrogens is 186 g/mol. The summed E-state index contributed by atoms with van der Waals surface area (Å²) < 4.78 is 2.13. The van der Waals surface area contributed by atoms with Gasteiger partial charge in [-0.3, -0.25) is 0 Å². The van der Waals surface area contributed by atoms with E-state index in [-0.39, 0.29) is 5.54 Å². The van der Waals surface area contributed by atoms with Gasteiger partial charge in [0.25, 0.3) is 0 Å². The second-order valence-electron chi connectivity index (χ2n) is 4.46. The van der Waals surface area contributed by atoms with Crippen LogP contribution in [-0.4, -0.2) is 9.55 Å². The highest BCUT2D eigenvalue weighted by Crippen LogP contribution is 2.21. The number of fused-ring (bicyclic) bond motifs is 1. The Morgan fingerprint density at radius 3 is 2.73 bits per heavy atom. The highest BCUT2D eigenvalue weighted by molar-refractivity contribution is 5.76. The van der Waals surface area contributed by atoms with Crippen LogP contribution < -0.4 is 5.73 Å². The predicted octanol–water partition coefficient (Wildman–Crippen LogP) is 2.25. The molecule has 0 spiro atoms. The third kappa shape index (κ3) is 1.75. The van der Waals surface area contributed by atoms with Gasteiger partial charge in [-0.05, 0) is 38.5 Å². The van der Waals surface area contributed by atoms with E-state index >= 15 is 0 Å². The number of aryl methyl sites for hydroxylation is 1. The molecule has 0 atom stereocenters. The first-order valence-electron chi connectivity index (χ1n) is 5.26. The van der Waals surface area contributed by atoms with Gasteiger partial charge in [0.2, 0.25) is 0 Å². The van der Waals surface area contributed by atoms with Crippen molar-refractivity contribution >= 4 is 11.0 Å². The highest BCUT2D eigenvalue weighted by Gasteiger charge is 2.15. The molecule has 0 fully saturated rings. The Morgan fingerprint density at radius 1 is 1.40 bits per heavy atom. The molecule has 0 aliphatic rings. The summed E-state index contributed by atoms with van der Waals surface area (Å²) in [7, 11) is 0. The maximum atomic E-state index is 6.05. The molecule has 0 radical (unpaired) electrons. The van der Waals surface area contributed by atoms with Crippen molar-refractivity contribution in [2.45, 2.75) is 32.9 Å². The van der Waals surface area contributed by atoms with Crippen LogP contribution in [0.15, 0.2) is 24.5 Å². The number of benzene rings is 1. The van der Waals surface area contributed by atoms with Crippen molar-refractivity contribution in [3.63, 3.8) is 0 Å². The van der Waals surface area contributed by atoms with Gasteiger partial charge in [0.15, 0.2) is 0 Å². The van der Waals surface area contributed by atoms with Crippen molar-refractivity contribution in [1.29, 1.82) is 0 Å². The molecule has 0 unspecified atom stereocenters. The normalized spacial score (nSPS) is 12.3. The summed E-state index contributed by atoms with van der Waals surface area (Å²) in [5.41, 5.74) is 9.07. The van der Waals surface area contributed by atoms with E-state index in [0.717, 1.165) is 17.6 Å². The molecule has 3 nitrogen and oxygen atoms in total. The quantitative estimate of drug-likeness (QED) is 0.813. The van der Waals surface area contributed by atoms with Crippen LogP contribution in [0.1, 0.15) is 26.3 Å². The number of hydrogen-bond acceptors (Lipinski definition) is 2.